The van der Waals surface area contributed by atoms with Crippen molar-refractivity contribution in [3.63, 3.8) is 0 Å². The van der Waals surface area contributed by atoms with Crippen molar-refractivity contribution in [1.29, 1.82) is 0 Å². The van der Waals surface area contributed by atoms with E-state index < -0.39 is 11.3 Å². The Morgan fingerprint density at radius 2 is 1.75 bits per heavy atom. The van der Waals surface area contributed by atoms with Crippen LogP contribution < -0.4 is 22.9 Å². The molecule has 0 amide bonds. The van der Waals surface area contributed by atoms with E-state index in [1.807, 2.05) is 0 Å². The second kappa shape index (κ2) is 5.20. The molecule has 0 radical (unpaired) electrons. The second-order valence-electron chi connectivity index (χ2n) is 4.62. The highest BCUT2D eigenvalue weighted by Gasteiger charge is 2.39. The van der Waals surface area contributed by atoms with Crippen LogP contribution in [0.15, 0.2) is 0 Å². The van der Waals surface area contributed by atoms with Gasteiger partial charge in [-0.1, -0.05) is 12.8 Å². The van der Waals surface area contributed by atoms with Gasteiger partial charge in [-0.3, -0.25) is 4.79 Å². The molecule has 1 aliphatic carbocycles. The first-order valence-corrected chi connectivity index (χ1v) is 5.62. The summed E-state index contributed by atoms with van der Waals surface area (Å²) >= 11 is 0. The maximum Gasteiger partial charge on any atom is 0.157 e. The molecule has 6 nitrogen and oxygen atoms in total. The van der Waals surface area contributed by atoms with Gasteiger partial charge in [0.05, 0.1) is 12.7 Å². The van der Waals surface area contributed by atoms with E-state index in [1.165, 1.54) is 12.8 Å². The van der Waals surface area contributed by atoms with Gasteiger partial charge in [0, 0.05) is 6.42 Å². The number of ether oxygens (including phenoxy) is 1. The molecule has 8 N–H and O–H groups in total. The zero-order valence-corrected chi connectivity index (χ0v) is 9.52. The molecule has 1 saturated carbocycles. The summed E-state index contributed by atoms with van der Waals surface area (Å²) in [7, 11) is 0. The highest BCUT2D eigenvalue weighted by atomic mass is 16.5. The predicted octanol–water partition coefficient (Wildman–Crippen LogP) is -1.24. The Bertz CT molecular complexity index is 237. The maximum atomic E-state index is 10.6. The number of hydrogen-bond acceptors (Lipinski definition) is 6. The lowest BCUT2D eigenvalue weighted by Crippen LogP contribution is -2.77. The smallest absolute Gasteiger partial charge is 0.157 e. The normalized spacial score (nSPS) is 19.0. The Hall–Kier alpha value is -0.530. The molecular formula is C10H22N4O2. The molecule has 1 rings (SSSR count). The molecule has 94 valence electrons. The van der Waals surface area contributed by atoms with Gasteiger partial charge in [-0.15, -0.1) is 0 Å². The summed E-state index contributed by atoms with van der Waals surface area (Å²) in [4.78, 5) is 10.6. The standard InChI is InChI=1S/C10H22N4O2/c11-9(12,10(13,14)7-15)5-6-16-8-3-1-2-4-8/h7-8H,1-6,11-14H2. The Kier molecular flexibility index (Phi) is 4.40. The maximum absolute atomic E-state index is 10.6. The number of aldehydes is 1. The third-order valence-electron chi connectivity index (χ3n) is 3.17. The molecule has 1 aliphatic rings. The van der Waals surface area contributed by atoms with E-state index in [0.29, 0.717) is 12.9 Å². The van der Waals surface area contributed by atoms with Crippen LogP contribution in [0.4, 0.5) is 0 Å². The van der Waals surface area contributed by atoms with Crippen molar-refractivity contribution in [1.82, 2.24) is 0 Å². The van der Waals surface area contributed by atoms with E-state index in [-0.39, 0.29) is 12.5 Å². The second-order valence-corrected chi connectivity index (χ2v) is 4.62. The van der Waals surface area contributed by atoms with Crippen LogP contribution in [-0.2, 0) is 9.53 Å². The Balaban J connectivity index is 2.32. The van der Waals surface area contributed by atoms with E-state index >= 15 is 0 Å². The number of nitrogens with two attached hydrogens (primary N) is 4. The molecule has 0 aliphatic heterocycles. The molecule has 6 heteroatoms. The minimum atomic E-state index is -1.72. The summed E-state index contributed by atoms with van der Waals surface area (Å²) in [5.41, 5.74) is 19.2. The van der Waals surface area contributed by atoms with E-state index in [2.05, 4.69) is 0 Å². The summed E-state index contributed by atoms with van der Waals surface area (Å²) < 4.78 is 5.59. The summed E-state index contributed by atoms with van der Waals surface area (Å²) in [5.74, 6) is 0. The number of carbonyl (C=O) groups excluding carboxylic acids is 1. The molecule has 0 aromatic heterocycles. The van der Waals surface area contributed by atoms with Crippen LogP contribution in [0.1, 0.15) is 32.1 Å². The third kappa shape index (κ3) is 3.23. The van der Waals surface area contributed by atoms with Crippen LogP contribution in [0.5, 0.6) is 0 Å². The Morgan fingerprint density at radius 1 is 1.19 bits per heavy atom. The van der Waals surface area contributed by atoms with Crippen LogP contribution >= 0.6 is 0 Å². The van der Waals surface area contributed by atoms with E-state index in [4.69, 9.17) is 27.7 Å². The largest absolute Gasteiger partial charge is 0.378 e. The number of carbonyl (C=O) groups is 1. The summed E-state index contributed by atoms with van der Waals surface area (Å²) in [6.45, 7) is 0.377. The molecule has 0 saturated heterocycles. The zero-order valence-electron chi connectivity index (χ0n) is 9.52. The van der Waals surface area contributed by atoms with Gasteiger partial charge in [0.25, 0.3) is 0 Å². The van der Waals surface area contributed by atoms with E-state index in [0.717, 1.165) is 12.8 Å². The SMILES string of the molecule is NC(N)(C=O)C(N)(N)CCOC1CCCC1. The van der Waals surface area contributed by atoms with E-state index in [1.54, 1.807) is 0 Å². The molecule has 0 heterocycles. The first kappa shape index (κ1) is 13.5. The fraction of sp³-hybridized carbons (Fsp3) is 0.900. The van der Waals surface area contributed by atoms with Gasteiger partial charge in [0.2, 0.25) is 0 Å². The topological polar surface area (TPSA) is 130 Å². The van der Waals surface area contributed by atoms with Gasteiger partial charge in [0.1, 0.15) is 5.66 Å². The van der Waals surface area contributed by atoms with E-state index in [9.17, 15) is 4.79 Å². The highest BCUT2D eigenvalue weighted by molar-refractivity contribution is 5.65. The molecule has 0 aromatic rings. The summed E-state index contributed by atoms with van der Waals surface area (Å²) in [6.07, 6.45) is 5.48. The van der Waals surface area contributed by atoms with Gasteiger partial charge in [-0.25, -0.2) is 0 Å². The first-order chi connectivity index (χ1) is 7.39. The van der Waals surface area contributed by atoms with Crippen LogP contribution in [0, 0.1) is 0 Å². The quantitative estimate of drug-likeness (QED) is 0.333. The average molecular weight is 230 g/mol. The van der Waals surface area contributed by atoms with Gasteiger partial charge in [-0.05, 0) is 12.8 Å². The van der Waals surface area contributed by atoms with Crippen LogP contribution in [0.2, 0.25) is 0 Å². The van der Waals surface area contributed by atoms with Crippen LogP contribution in [-0.4, -0.2) is 30.3 Å². The van der Waals surface area contributed by atoms with Crippen molar-refractivity contribution in [2.75, 3.05) is 6.61 Å². The van der Waals surface area contributed by atoms with Crippen molar-refractivity contribution in [3.8, 4) is 0 Å². The van der Waals surface area contributed by atoms with Gasteiger partial charge < -0.3 is 27.7 Å². The minimum Gasteiger partial charge on any atom is -0.378 e. The lowest BCUT2D eigenvalue weighted by atomic mass is 9.94. The molecule has 0 bridgehead atoms. The van der Waals surface area contributed by atoms with Crippen molar-refractivity contribution in [2.45, 2.75) is 49.5 Å². The lowest BCUT2D eigenvalue weighted by molar-refractivity contribution is -0.114. The number of hydrogen-bond donors (Lipinski definition) is 4. The summed E-state index contributed by atoms with van der Waals surface area (Å²) in [5, 5.41) is 0. The fourth-order valence-electron chi connectivity index (χ4n) is 1.78. The van der Waals surface area contributed by atoms with Gasteiger partial charge >= 0.3 is 0 Å². The van der Waals surface area contributed by atoms with Gasteiger partial charge in [-0.2, -0.15) is 0 Å². The number of rotatable bonds is 6. The Morgan fingerprint density at radius 3 is 2.25 bits per heavy atom. The lowest BCUT2D eigenvalue weighted by Gasteiger charge is -2.36. The molecule has 16 heavy (non-hydrogen) atoms. The first-order valence-electron chi connectivity index (χ1n) is 5.62. The predicted molar refractivity (Wildman–Crippen MR) is 61.1 cm³/mol. The molecular weight excluding hydrogens is 208 g/mol. The van der Waals surface area contributed by atoms with Crippen molar-refractivity contribution in [2.24, 2.45) is 22.9 Å². The van der Waals surface area contributed by atoms with Gasteiger partial charge in [0.15, 0.2) is 11.9 Å². The molecule has 0 unspecified atom stereocenters. The van der Waals surface area contributed by atoms with Crippen molar-refractivity contribution >= 4 is 6.29 Å². The third-order valence-corrected chi connectivity index (χ3v) is 3.17. The Labute approximate surface area is 95.7 Å². The average Bonchev–Trinajstić information content (AvgIpc) is 2.70. The zero-order chi connectivity index (χ0) is 12.2. The highest BCUT2D eigenvalue weighted by Crippen LogP contribution is 2.21. The van der Waals surface area contributed by atoms with Crippen molar-refractivity contribution in [3.05, 3.63) is 0 Å². The molecule has 0 spiro atoms. The van der Waals surface area contributed by atoms with Crippen LogP contribution in [0.3, 0.4) is 0 Å². The monoisotopic (exact) mass is 230 g/mol. The summed E-state index contributed by atoms with van der Waals surface area (Å²) in [6, 6.07) is 0. The molecule has 0 atom stereocenters. The fourth-order valence-corrected chi connectivity index (χ4v) is 1.78. The minimum absolute atomic E-state index is 0.259. The van der Waals surface area contributed by atoms with Crippen LogP contribution in [0.25, 0.3) is 0 Å². The van der Waals surface area contributed by atoms with Crippen molar-refractivity contribution < 1.29 is 9.53 Å². The molecule has 1 fully saturated rings. The molecule has 0 aromatic carbocycles.